The maximum absolute atomic E-state index is 12.1. The number of hydrogen-bond donors (Lipinski definition) is 2. The minimum atomic E-state index is -1.23. The number of hydrazine groups is 1. The summed E-state index contributed by atoms with van der Waals surface area (Å²) in [6.07, 6.45) is 0. The summed E-state index contributed by atoms with van der Waals surface area (Å²) in [5, 5.41) is 10.9. The Morgan fingerprint density at radius 2 is 1.94 bits per heavy atom. The summed E-state index contributed by atoms with van der Waals surface area (Å²) in [5.41, 5.74) is 1.48. The van der Waals surface area contributed by atoms with Crippen molar-refractivity contribution < 1.29 is 19.4 Å². The van der Waals surface area contributed by atoms with Crippen LogP contribution in [0.5, 0.6) is 0 Å². The lowest BCUT2D eigenvalue weighted by Gasteiger charge is -2.36. The number of carboxylic acid groups (broad SMARTS) is 1. The smallest absolute Gasteiger partial charge is 0.332 e. The van der Waals surface area contributed by atoms with E-state index in [0.29, 0.717) is 32.8 Å². The van der Waals surface area contributed by atoms with E-state index in [9.17, 15) is 9.59 Å². The Labute approximate surface area is 107 Å². The molecule has 7 heteroatoms. The number of carbonyl (C=O) groups excluding carboxylic acids is 1. The predicted octanol–water partition coefficient (Wildman–Crippen LogP) is 0.128. The molecular formula is C11H21N3O4. The Balaban J connectivity index is 2.64. The molecule has 18 heavy (non-hydrogen) atoms. The van der Waals surface area contributed by atoms with E-state index in [-0.39, 0.29) is 0 Å². The van der Waals surface area contributed by atoms with Gasteiger partial charge in [0.05, 0.1) is 13.2 Å². The molecule has 1 heterocycles. The van der Waals surface area contributed by atoms with Crippen molar-refractivity contribution in [2.24, 2.45) is 0 Å². The van der Waals surface area contributed by atoms with E-state index in [1.807, 2.05) is 0 Å². The number of amides is 2. The summed E-state index contributed by atoms with van der Waals surface area (Å²) in [7, 11) is 0. The molecule has 0 radical (unpaired) electrons. The van der Waals surface area contributed by atoms with Crippen molar-refractivity contribution in [2.45, 2.75) is 26.3 Å². The molecular weight excluding hydrogens is 238 g/mol. The number of urea groups is 1. The number of hydrogen-bond acceptors (Lipinski definition) is 4. The highest BCUT2D eigenvalue weighted by atomic mass is 16.5. The average Bonchev–Trinajstić information content (AvgIpc) is 2.30. The number of nitrogens with zero attached hydrogens (tertiary/aromatic N) is 2. The van der Waals surface area contributed by atoms with E-state index in [4.69, 9.17) is 9.84 Å². The molecule has 1 fully saturated rings. The minimum Gasteiger partial charge on any atom is -0.480 e. The lowest BCUT2D eigenvalue weighted by atomic mass is 10.0. The maximum Gasteiger partial charge on any atom is 0.332 e. The Morgan fingerprint density at radius 1 is 1.39 bits per heavy atom. The van der Waals surface area contributed by atoms with Gasteiger partial charge in [0.25, 0.3) is 0 Å². The standard InChI is InChI=1S/C11H21N3O4/c1-4-14(11(2,3)9(15)16)10(17)12-13-5-7-18-8-6-13/h4-8H2,1-3H3,(H,12,17)(H,15,16). The molecule has 104 valence electrons. The molecule has 0 aromatic rings. The van der Waals surface area contributed by atoms with Crippen LogP contribution in [0.2, 0.25) is 0 Å². The van der Waals surface area contributed by atoms with E-state index in [2.05, 4.69) is 5.43 Å². The van der Waals surface area contributed by atoms with Crippen molar-refractivity contribution in [1.29, 1.82) is 0 Å². The molecule has 2 amide bonds. The van der Waals surface area contributed by atoms with Crippen molar-refractivity contribution in [2.75, 3.05) is 32.8 Å². The van der Waals surface area contributed by atoms with Crippen LogP contribution in [0.3, 0.4) is 0 Å². The zero-order valence-electron chi connectivity index (χ0n) is 11.1. The number of nitrogens with one attached hydrogen (secondary N) is 1. The molecule has 0 aromatic carbocycles. The highest BCUT2D eigenvalue weighted by molar-refractivity contribution is 5.85. The van der Waals surface area contributed by atoms with E-state index in [1.54, 1.807) is 11.9 Å². The molecule has 1 aliphatic heterocycles. The molecule has 0 bridgehead atoms. The van der Waals surface area contributed by atoms with Gasteiger partial charge >= 0.3 is 12.0 Å². The molecule has 0 aliphatic carbocycles. The van der Waals surface area contributed by atoms with Crippen molar-refractivity contribution in [3.8, 4) is 0 Å². The fourth-order valence-electron chi connectivity index (χ4n) is 1.78. The number of rotatable bonds is 4. The van der Waals surface area contributed by atoms with Gasteiger partial charge in [0.15, 0.2) is 0 Å². The second-order valence-electron chi connectivity index (χ2n) is 4.62. The van der Waals surface area contributed by atoms with Gasteiger partial charge in [0, 0.05) is 19.6 Å². The Bertz CT molecular complexity index is 313. The molecule has 0 saturated carbocycles. The van der Waals surface area contributed by atoms with Crippen LogP contribution in [0.15, 0.2) is 0 Å². The molecule has 0 atom stereocenters. The molecule has 1 rings (SSSR count). The van der Waals surface area contributed by atoms with Gasteiger partial charge in [-0.15, -0.1) is 0 Å². The monoisotopic (exact) mass is 259 g/mol. The highest BCUT2D eigenvalue weighted by Gasteiger charge is 2.37. The molecule has 1 saturated heterocycles. The summed E-state index contributed by atoms with van der Waals surface area (Å²) < 4.78 is 5.17. The fraction of sp³-hybridized carbons (Fsp3) is 0.818. The van der Waals surface area contributed by atoms with Gasteiger partial charge in [-0.25, -0.2) is 14.6 Å². The van der Waals surface area contributed by atoms with Crippen LogP contribution in [0.25, 0.3) is 0 Å². The minimum absolute atomic E-state index is 0.329. The third-order valence-electron chi connectivity index (χ3n) is 3.02. The largest absolute Gasteiger partial charge is 0.480 e. The second kappa shape index (κ2) is 6.01. The first-order valence-electron chi connectivity index (χ1n) is 6.04. The van der Waals surface area contributed by atoms with Crippen LogP contribution in [0.1, 0.15) is 20.8 Å². The lowest BCUT2D eigenvalue weighted by molar-refractivity contribution is -0.147. The fourth-order valence-corrected chi connectivity index (χ4v) is 1.78. The topological polar surface area (TPSA) is 82.1 Å². The Morgan fingerprint density at radius 3 is 2.39 bits per heavy atom. The molecule has 1 aliphatic rings. The maximum atomic E-state index is 12.1. The molecule has 0 unspecified atom stereocenters. The highest BCUT2D eigenvalue weighted by Crippen LogP contribution is 2.14. The average molecular weight is 259 g/mol. The summed E-state index contributed by atoms with van der Waals surface area (Å²) in [4.78, 5) is 24.5. The summed E-state index contributed by atoms with van der Waals surface area (Å²) in [6.45, 7) is 7.45. The number of ether oxygens (including phenoxy) is 1. The van der Waals surface area contributed by atoms with Gasteiger partial charge in [-0.1, -0.05) is 0 Å². The second-order valence-corrected chi connectivity index (χ2v) is 4.62. The van der Waals surface area contributed by atoms with Crippen LogP contribution < -0.4 is 5.43 Å². The van der Waals surface area contributed by atoms with Crippen LogP contribution in [0, 0.1) is 0 Å². The summed E-state index contributed by atoms with van der Waals surface area (Å²) in [6, 6.07) is -0.396. The van der Waals surface area contributed by atoms with Crippen molar-refractivity contribution in [1.82, 2.24) is 15.3 Å². The van der Waals surface area contributed by atoms with Gasteiger partial charge in [-0.05, 0) is 20.8 Å². The van der Waals surface area contributed by atoms with E-state index in [1.165, 1.54) is 18.7 Å². The molecule has 2 N–H and O–H groups in total. The van der Waals surface area contributed by atoms with Crippen molar-refractivity contribution >= 4 is 12.0 Å². The number of carboxylic acids is 1. The number of morpholine rings is 1. The first-order chi connectivity index (χ1) is 8.39. The Kier molecular flexibility index (Phi) is 4.92. The Hall–Kier alpha value is -1.34. The van der Waals surface area contributed by atoms with E-state index >= 15 is 0 Å². The van der Waals surface area contributed by atoms with Gasteiger partial charge in [-0.2, -0.15) is 0 Å². The first kappa shape index (κ1) is 14.7. The van der Waals surface area contributed by atoms with Crippen LogP contribution in [-0.2, 0) is 9.53 Å². The van der Waals surface area contributed by atoms with Crippen molar-refractivity contribution in [3.05, 3.63) is 0 Å². The molecule has 0 spiro atoms. The molecule has 7 nitrogen and oxygen atoms in total. The van der Waals surface area contributed by atoms with Crippen LogP contribution in [0.4, 0.5) is 4.79 Å². The van der Waals surface area contributed by atoms with Gasteiger partial charge in [-0.3, -0.25) is 5.43 Å². The normalized spacial score (nSPS) is 17.3. The number of likely N-dealkylation sites (N-methyl/N-ethyl adjacent to an activating group) is 1. The number of aliphatic carboxylic acids is 1. The summed E-state index contributed by atoms with van der Waals surface area (Å²) in [5.74, 6) is -1.03. The van der Waals surface area contributed by atoms with E-state index in [0.717, 1.165) is 0 Å². The first-order valence-corrected chi connectivity index (χ1v) is 6.04. The number of carbonyl (C=O) groups is 2. The van der Waals surface area contributed by atoms with Gasteiger partial charge in [0.1, 0.15) is 5.54 Å². The SMILES string of the molecule is CCN(C(=O)NN1CCOCC1)C(C)(C)C(=O)O. The third kappa shape index (κ3) is 3.33. The third-order valence-corrected chi connectivity index (χ3v) is 3.02. The zero-order valence-corrected chi connectivity index (χ0v) is 11.1. The van der Waals surface area contributed by atoms with Gasteiger partial charge < -0.3 is 14.7 Å². The summed E-state index contributed by atoms with van der Waals surface area (Å²) >= 11 is 0. The van der Waals surface area contributed by atoms with Crippen LogP contribution in [-0.4, -0.2) is 65.4 Å². The van der Waals surface area contributed by atoms with Gasteiger partial charge in [0.2, 0.25) is 0 Å². The predicted molar refractivity (Wildman–Crippen MR) is 65.0 cm³/mol. The zero-order chi connectivity index (χ0) is 13.8. The lowest BCUT2D eigenvalue weighted by Crippen LogP contribution is -2.60. The van der Waals surface area contributed by atoms with Crippen LogP contribution >= 0.6 is 0 Å². The van der Waals surface area contributed by atoms with Crippen molar-refractivity contribution in [3.63, 3.8) is 0 Å². The quantitative estimate of drug-likeness (QED) is 0.750. The molecule has 0 aromatic heterocycles. The van der Waals surface area contributed by atoms with E-state index < -0.39 is 17.5 Å².